The zero-order valence-corrected chi connectivity index (χ0v) is 11.3. The van der Waals surface area contributed by atoms with E-state index in [2.05, 4.69) is 35.7 Å². The van der Waals surface area contributed by atoms with Crippen molar-refractivity contribution in [3.8, 4) is 6.07 Å². The van der Waals surface area contributed by atoms with Crippen LogP contribution in [0.25, 0.3) is 0 Å². The monoisotopic (exact) mass is 263 g/mol. The van der Waals surface area contributed by atoms with Gasteiger partial charge in [0.1, 0.15) is 0 Å². The van der Waals surface area contributed by atoms with E-state index in [1.165, 1.54) is 11.1 Å². The number of nitrogens with zero attached hydrogens (tertiary/aromatic N) is 1. The molecular weight excluding hydrogens is 246 g/mol. The molecule has 3 rings (SSSR count). The minimum absolute atomic E-state index is 0.353. The molecule has 2 aromatic rings. The molecule has 0 atom stereocenters. The average Bonchev–Trinajstić information content (AvgIpc) is 2.85. The maximum atomic E-state index is 8.81. The minimum Gasteiger partial charge on any atom is -0.398 e. The third kappa shape index (κ3) is 2.46. The van der Waals surface area contributed by atoms with E-state index < -0.39 is 0 Å². The zero-order chi connectivity index (χ0) is 13.9. The molecule has 0 spiro atoms. The topological polar surface area (TPSA) is 61.8 Å². The highest BCUT2D eigenvalue weighted by Crippen LogP contribution is 2.26. The number of fused-ring (bicyclic) bond motifs is 1. The smallest absolute Gasteiger partial charge is 0.0670 e. The molecule has 3 N–H and O–H groups in total. The summed E-state index contributed by atoms with van der Waals surface area (Å²) in [6.07, 6.45) is 2.45. The number of hydrogen-bond acceptors (Lipinski definition) is 3. The second-order valence-corrected chi connectivity index (χ2v) is 5.27. The van der Waals surface area contributed by atoms with Crippen LogP contribution >= 0.6 is 0 Å². The number of hydrogen-bond donors (Lipinski definition) is 2. The maximum absolute atomic E-state index is 8.81. The molecule has 3 heteroatoms. The van der Waals surface area contributed by atoms with Gasteiger partial charge in [-0.1, -0.05) is 24.3 Å². The van der Waals surface area contributed by atoms with Crippen molar-refractivity contribution in [3.05, 3.63) is 59.2 Å². The molecule has 3 nitrogen and oxygen atoms in total. The predicted molar refractivity (Wildman–Crippen MR) is 81.4 cm³/mol. The van der Waals surface area contributed by atoms with Crippen LogP contribution in [0.2, 0.25) is 0 Å². The van der Waals surface area contributed by atoms with E-state index in [4.69, 9.17) is 11.0 Å². The van der Waals surface area contributed by atoms with Crippen molar-refractivity contribution in [2.24, 2.45) is 0 Å². The van der Waals surface area contributed by atoms with Crippen molar-refractivity contribution in [2.75, 3.05) is 11.1 Å². The lowest BCUT2D eigenvalue weighted by Crippen LogP contribution is -2.19. The SMILES string of the molecule is N#CCc1cc(NC2Cc3ccccc3C2)ccc1N. The highest BCUT2D eigenvalue weighted by atomic mass is 14.9. The van der Waals surface area contributed by atoms with Crippen molar-refractivity contribution < 1.29 is 0 Å². The van der Waals surface area contributed by atoms with E-state index in [1.54, 1.807) is 0 Å². The summed E-state index contributed by atoms with van der Waals surface area (Å²) in [5.74, 6) is 0. The van der Waals surface area contributed by atoms with Gasteiger partial charge in [-0.25, -0.2) is 0 Å². The average molecular weight is 263 g/mol. The molecule has 100 valence electrons. The van der Waals surface area contributed by atoms with Gasteiger partial charge in [0.15, 0.2) is 0 Å². The molecule has 0 heterocycles. The molecule has 20 heavy (non-hydrogen) atoms. The van der Waals surface area contributed by atoms with Crippen molar-refractivity contribution in [2.45, 2.75) is 25.3 Å². The Morgan fingerprint density at radius 1 is 1.15 bits per heavy atom. The van der Waals surface area contributed by atoms with Gasteiger partial charge in [0, 0.05) is 17.4 Å². The van der Waals surface area contributed by atoms with Gasteiger partial charge in [-0.3, -0.25) is 0 Å². The fourth-order valence-electron chi connectivity index (χ4n) is 2.83. The van der Waals surface area contributed by atoms with Crippen LogP contribution in [0.3, 0.4) is 0 Å². The van der Waals surface area contributed by atoms with Gasteiger partial charge in [-0.05, 0) is 47.7 Å². The molecular formula is C17H17N3. The Labute approximate surface area is 119 Å². The summed E-state index contributed by atoms with van der Waals surface area (Å²) in [6.45, 7) is 0. The molecule has 2 aromatic carbocycles. The lowest BCUT2D eigenvalue weighted by molar-refractivity contribution is 0.774. The van der Waals surface area contributed by atoms with Gasteiger partial charge in [0.05, 0.1) is 12.5 Å². The Hall–Kier alpha value is -2.47. The Kier molecular flexibility index (Phi) is 3.30. The van der Waals surface area contributed by atoms with E-state index in [1.807, 2.05) is 18.2 Å². The fourth-order valence-corrected chi connectivity index (χ4v) is 2.83. The lowest BCUT2D eigenvalue weighted by atomic mass is 10.1. The van der Waals surface area contributed by atoms with Crippen molar-refractivity contribution in [1.82, 2.24) is 0 Å². The second kappa shape index (κ2) is 5.26. The number of nitrogens with one attached hydrogen (secondary N) is 1. The van der Waals surface area contributed by atoms with E-state index >= 15 is 0 Å². The summed E-state index contributed by atoms with van der Waals surface area (Å²) in [7, 11) is 0. The summed E-state index contributed by atoms with van der Waals surface area (Å²) < 4.78 is 0. The quantitative estimate of drug-likeness (QED) is 0.837. The summed E-state index contributed by atoms with van der Waals surface area (Å²) in [5.41, 5.74) is 11.4. The number of nitrogen functional groups attached to an aromatic ring is 1. The maximum Gasteiger partial charge on any atom is 0.0670 e. The molecule has 0 saturated carbocycles. The normalized spacial score (nSPS) is 13.8. The largest absolute Gasteiger partial charge is 0.398 e. The Bertz CT molecular complexity index is 645. The van der Waals surface area contributed by atoms with Gasteiger partial charge in [-0.15, -0.1) is 0 Å². The number of rotatable bonds is 3. The van der Waals surface area contributed by atoms with Crippen molar-refractivity contribution in [3.63, 3.8) is 0 Å². The van der Waals surface area contributed by atoms with Crippen LogP contribution in [0.15, 0.2) is 42.5 Å². The summed E-state index contributed by atoms with van der Waals surface area (Å²) in [4.78, 5) is 0. The minimum atomic E-state index is 0.353. The van der Waals surface area contributed by atoms with E-state index in [9.17, 15) is 0 Å². The third-order valence-corrected chi connectivity index (χ3v) is 3.83. The van der Waals surface area contributed by atoms with Crippen LogP contribution < -0.4 is 11.1 Å². The van der Waals surface area contributed by atoms with E-state index in [0.29, 0.717) is 18.2 Å². The Morgan fingerprint density at radius 2 is 1.85 bits per heavy atom. The lowest BCUT2D eigenvalue weighted by Gasteiger charge is -2.15. The number of benzene rings is 2. The molecule has 0 bridgehead atoms. The molecule has 0 aliphatic heterocycles. The predicted octanol–water partition coefficient (Wildman–Crippen LogP) is 2.91. The zero-order valence-electron chi connectivity index (χ0n) is 11.3. The summed E-state index contributed by atoms with van der Waals surface area (Å²) >= 11 is 0. The van der Waals surface area contributed by atoms with Crippen molar-refractivity contribution >= 4 is 11.4 Å². The van der Waals surface area contributed by atoms with Crippen LogP contribution in [0.4, 0.5) is 11.4 Å². The first-order chi connectivity index (χ1) is 9.76. The molecule has 0 amide bonds. The number of anilines is 2. The Morgan fingerprint density at radius 3 is 2.50 bits per heavy atom. The first-order valence-electron chi connectivity index (χ1n) is 6.85. The highest BCUT2D eigenvalue weighted by Gasteiger charge is 2.20. The fraction of sp³-hybridized carbons (Fsp3) is 0.235. The summed E-state index contributed by atoms with van der Waals surface area (Å²) in [5, 5.41) is 12.4. The van der Waals surface area contributed by atoms with Gasteiger partial charge in [0.2, 0.25) is 0 Å². The van der Waals surface area contributed by atoms with Crippen LogP contribution in [-0.4, -0.2) is 6.04 Å². The van der Waals surface area contributed by atoms with Gasteiger partial charge >= 0.3 is 0 Å². The van der Waals surface area contributed by atoms with Gasteiger partial charge in [-0.2, -0.15) is 5.26 Å². The van der Waals surface area contributed by atoms with Crippen LogP contribution in [0.5, 0.6) is 0 Å². The van der Waals surface area contributed by atoms with Gasteiger partial charge in [0.25, 0.3) is 0 Å². The first kappa shape index (κ1) is 12.6. The van der Waals surface area contributed by atoms with Crippen LogP contribution in [-0.2, 0) is 19.3 Å². The third-order valence-electron chi connectivity index (χ3n) is 3.83. The van der Waals surface area contributed by atoms with Crippen LogP contribution in [0.1, 0.15) is 16.7 Å². The molecule has 1 aliphatic rings. The molecule has 0 saturated heterocycles. The molecule has 0 fully saturated rings. The van der Waals surface area contributed by atoms with E-state index in [-0.39, 0.29) is 0 Å². The van der Waals surface area contributed by atoms with E-state index in [0.717, 1.165) is 24.1 Å². The second-order valence-electron chi connectivity index (χ2n) is 5.27. The number of nitriles is 1. The van der Waals surface area contributed by atoms with Crippen molar-refractivity contribution in [1.29, 1.82) is 5.26 Å². The molecule has 0 aromatic heterocycles. The first-order valence-corrected chi connectivity index (χ1v) is 6.85. The highest BCUT2D eigenvalue weighted by molar-refractivity contribution is 5.58. The molecule has 0 unspecified atom stereocenters. The number of nitrogens with two attached hydrogens (primary N) is 1. The van der Waals surface area contributed by atoms with Gasteiger partial charge < -0.3 is 11.1 Å². The Balaban J connectivity index is 1.74. The molecule has 0 radical (unpaired) electrons. The summed E-state index contributed by atoms with van der Waals surface area (Å²) in [6, 6.07) is 17.0. The standard InChI is InChI=1S/C17H17N3/c18-8-7-14-11-15(5-6-17(14)19)20-16-9-12-3-1-2-4-13(12)10-16/h1-6,11,16,20H,7,9-10,19H2. The van der Waals surface area contributed by atoms with Crippen LogP contribution in [0, 0.1) is 11.3 Å². The molecule has 1 aliphatic carbocycles.